The van der Waals surface area contributed by atoms with Crippen molar-refractivity contribution in [2.45, 2.75) is 88.1 Å². The van der Waals surface area contributed by atoms with Crippen LogP contribution >= 0.6 is 0 Å². The van der Waals surface area contributed by atoms with Crippen LogP contribution in [0.15, 0.2) is 6.20 Å². The molecule has 8 fully saturated rings. The molecular formula is C24H32N4O3. The van der Waals surface area contributed by atoms with Gasteiger partial charge in [-0.15, -0.1) is 0 Å². The first-order valence-corrected chi connectivity index (χ1v) is 12.5. The summed E-state index contributed by atoms with van der Waals surface area (Å²) >= 11 is 0. The Kier molecular flexibility index (Phi) is 3.67. The van der Waals surface area contributed by atoms with Gasteiger partial charge in [-0.1, -0.05) is 0 Å². The molecule has 8 bridgehead atoms. The Morgan fingerprint density at radius 2 is 1.35 bits per heavy atom. The van der Waals surface area contributed by atoms with E-state index >= 15 is 0 Å². The second-order valence-electron chi connectivity index (χ2n) is 12.4. The van der Waals surface area contributed by atoms with E-state index in [9.17, 15) is 14.9 Å². The van der Waals surface area contributed by atoms with E-state index in [1.54, 1.807) is 6.20 Å². The molecule has 1 N–H and O–H groups in total. The summed E-state index contributed by atoms with van der Waals surface area (Å²) < 4.78 is 1.87. The van der Waals surface area contributed by atoms with E-state index in [4.69, 9.17) is 0 Å². The second kappa shape index (κ2) is 6.10. The van der Waals surface area contributed by atoms with E-state index in [0.29, 0.717) is 17.8 Å². The number of nitrogens with zero attached hydrogens (tertiary/aromatic N) is 3. The number of nitro groups is 1. The molecule has 166 valence electrons. The Morgan fingerprint density at radius 3 is 1.81 bits per heavy atom. The molecule has 31 heavy (non-hydrogen) atoms. The van der Waals surface area contributed by atoms with Crippen LogP contribution in [-0.2, 0) is 5.54 Å². The summed E-state index contributed by atoms with van der Waals surface area (Å²) in [6.07, 6.45) is 15.7. The minimum Gasteiger partial charge on any atom is -0.345 e. The lowest BCUT2D eigenvalue weighted by Gasteiger charge is -2.56. The SMILES string of the molecule is O=C(NC12CC3CC(CC(C3)C1)C2)c1nn(C23CC4CC(CC(C4)C2)C3)cc1[N+](=O)[O-]. The van der Waals surface area contributed by atoms with Gasteiger partial charge in [0.15, 0.2) is 0 Å². The highest BCUT2D eigenvalue weighted by molar-refractivity contribution is 5.96. The highest BCUT2D eigenvalue weighted by Crippen LogP contribution is 2.59. The zero-order valence-electron chi connectivity index (χ0n) is 18.1. The Bertz CT molecular complexity index is 895. The quantitative estimate of drug-likeness (QED) is 0.572. The van der Waals surface area contributed by atoms with Crippen LogP contribution in [0, 0.1) is 45.6 Å². The zero-order valence-corrected chi connectivity index (χ0v) is 18.1. The maximum Gasteiger partial charge on any atom is 0.320 e. The Hall–Kier alpha value is -1.92. The number of carbonyl (C=O) groups excluding carboxylic acids is 1. The zero-order chi connectivity index (χ0) is 21.0. The highest BCUT2D eigenvalue weighted by atomic mass is 16.6. The number of hydrogen-bond donors (Lipinski definition) is 1. The first kappa shape index (κ1) is 18.6. The smallest absolute Gasteiger partial charge is 0.320 e. The molecule has 1 amide bonds. The summed E-state index contributed by atoms with van der Waals surface area (Å²) in [5.41, 5.74) is -0.349. The number of amides is 1. The lowest BCUT2D eigenvalue weighted by Crippen LogP contribution is -2.60. The molecule has 7 nitrogen and oxygen atoms in total. The summed E-state index contributed by atoms with van der Waals surface area (Å²) in [5, 5.41) is 19.9. The molecule has 0 radical (unpaired) electrons. The molecule has 0 spiro atoms. The monoisotopic (exact) mass is 424 g/mol. The number of rotatable bonds is 4. The summed E-state index contributed by atoms with van der Waals surface area (Å²) in [6.45, 7) is 0. The number of nitrogens with one attached hydrogen (secondary N) is 1. The molecule has 8 saturated carbocycles. The molecule has 9 rings (SSSR count). The molecular weight excluding hydrogens is 392 g/mol. The van der Waals surface area contributed by atoms with E-state index in [2.05, 4.69) is 10.4 Å². The van der Waals surface area contributed by atoms with Crippen LogP contribution < -0.4 is 5.32 Å². The third-order valence-electron chi connectivity index (χ3n) is 10.0. The molecule has 8 aliphatic carbocycles. The first-order valence-electron chi connectivity index (χ1n) is 12.5. The lowest BCUT2D eigenvalue weighted by atomic mass is 9.53. The molecule has 8 aliphatic rings. The van der Waals surface area contributed by atoms with E-state index in [-0.39, 0.29) is 28.4 Å². The van der Waals surface area contributed by atoms with E-state index < -0.39 is 4.92 Å². The van der Waals surface area contributed by atoms with Gasteiger partial charge in [-0.3, -0.25) is 19.6 Å². The normalized spacial score (nSPS) is 46.5. The number of aromatic nitrogens is 2. The van der Waals surface area contributed by atoms with Crippen LogP contribution in [-0.4, -0.2) is 26.1 Å². The van der Waals surface area contributed by atoms with E-state index in [1.165, 1.54) is 38.5 Å². The third-order valence-corrected chi connectivity index (χ3v) is 10.0. The van der Waals surface area contributed by atoms with Crippen molar-refractivity contribution in [2.75, 3.05) is 0 Å². The van der Waals surface area contributed by atoms with Gasteiger partial charge in [0.25, 0.3) is 5.91 Å². The van der Waals surface area contributed by atoms with Gasteiger partial charge in [0.2, 0.25) is 5.69 Å². The fraction of sp³-hybridized carbons (Fsp3) is 0.833. The first-order chi connectivity index (χ1) is 14.9. The van der Waals surface area contributed by atoms with Crippen LogP contribution in [0.4, 0.5) is 5.69 Å². The minimum atomic E-state index is -0.404. The van der Waals surface area contributed by atoms with Gasteiger partial charge < -0.3 is 5.32 Å². The van der Waals surface area contributed by atoms with Gasteiger partial charge in [0, 0.05) is 5.54 Å². The van der Waals surface area contributed by atoms with Gasteiger partial charge in [-0.05, 0) is 113 Å². The fourth-order valence-electron chi connectivity index (χ4n) is 9.81. The van der Waals surface area contributed by atoms with E-state index in [0.717, 1.165) is 56.3 Å². The molecule has 0 atom stereocenters. The van der Waals surface area contributed by atoms with Gasteiger partial charge in [0.05, 0.1) is 10.5 Å². The molecule has 0 aromatic carbocycles. The summed E-state index contributed by atoms with van der Waals surface area (Å²) in [4.78, 5) is 24.9. The van der Waals surface area contributed by atoms with Crippen LogP contribution in [0.5, 0.6) is 0 Å². The van der Waals surface area contributed by atoms with Gasteiger partial charge in [0.1, 0.15) is 6.20 Å². The standard InChI is InChI=1S/C24H32N4O3/c29-22(25-23-7-14-1-15(8-23)3-16(2-14)9-23)21-20(28(30)31)13-27(26-21)24-10-17-4-18(11-24)6-19(5-17)12-24/h13-19H,1-12H2,(H,25,29). The molecule has 7 heteroatoms. The average Bonchev–Trinajstić information content (AvgIpc) is 3.12. The molecule has 0 unspecified atom stereocenters. The largest absolute Gasteiger partial charge is 0.345 e. The van der Waals surface area contributed by atoms with Crippen molar-refractivity contribution in [1.29, 1.82) is 0 Å². The molecule has 1 aromatic rings. The van der Waals surface area contributed by atoms with Crippen LogP contribution in [0.3, 0.4) is 0 Å². The van der Waals surface area contributed by atoms with Gasteiger partial charge in [-0.2, -0.15) is 5.10 Å². The summed E-state index contributed by atoms with van der Waals surface area (Å²) in [6, 6.07) is 0. The van der Waals surface area contributed by atoms with Crippen molar-refractivity contribution < 1.29 is 9.72 Å². The Balaban J connectivity index is 1.20. The van der Waals surface area contributed by atoms with Crippen molar-refractivity contribution in [3.8, 4) is 0 Å². The minimum absolute atomic E-state index is 0.0384. The predicted molar refractivity (Wildman–Crippen MR) is 113 cm³/mol. The van der Waals surface area contributed by atoms with Crippen molar-refractivity contribution in [1.82, 2.24) is 15.1 Å². The maximum absolute atomic E-state index is 13.4. The Morgan fingerprint density at radius 1 is 0.903 bits per heavy atom. The van der Waals surface area contributed by atoms with Gasteiger partial charge >= 0.3 is 5.69 Å². The third kappa shape index (κ3) is 2.77. The number of hydrogen-bond acceptors (Lipinski definition) is 4. The lowest BCUT2D eigenvalue weighted by molar-refractivity contribution is -0.385. The highest BCUT2D eigenvalue weighted by Gasteiger charge is 2.54. The summed E-state index contributed by atoms with van der Waals surface area (Å²) in [7, 11) is 0. The van der Waals surface area contributed by atoms with Crippen LogP contribution in [0.2, 0.25) is 0 Å². The van der Waals surface area contributed by atoms with Crippen molar-refractivity contribution in [2.24, 2.45) is 35.5 Å². The molecule has 1 heterocycles. The predicted octanol–water partition coefficient (Wildman–Crippen LogP) is 4.42. The van der Waals surface area contributed by atoms with Crippen molar-refractivity contribution >= 4 is 11.6 Å². The van der Waals surface area contributed by atoms with E-state index in [1.807, 2.05) is 4.68 Å². The second-order valence-corrected chi connectivity index (χ2v) is 12.4. The summed E-state index contributed by atoms with van der Waals surface area (Å²) in [5.74, 6) is 3.98. The van der Waals surface area contributed by atoms with Crippen molar-refractivity contribution in [3.05, 3.63) is 22.0 Å². The van der Waals surface area contributed by atoms with Crippen LogP contribution in [0.25, 0.3) is 0 Å². The Labute approximate surface area is 182 Å². The van der Waals surface area contributed by atoms with Gasteiger partial charge in [-0.25, -0.2) is 0 Å². The maximum atomic E-state index is 13.4. The van der Waals surface area contributed by atoms with Crippen LogP contribution in [0.1, 0.15) is 87.5 Å². The topological polar surface area (TPSA) is 90.1 Å². The fourth-order valence-corrected chi connectivity index (χ4v) is 9.81. The number of carbonyl (C=O) groups is 1. The van der Waals surface area contributed by atoms with Crippen molar-refractivity contribution in [3.63, 3.8) is 0 Å². The molecule has 0 saturated heterocycles. The molecule has 1 aromatic heterocycles. The average molecular weight is 425 g/mol. The molecule has 0 aliphatic heterocycles.